The lowest BCUT2D eigenvalue weighted by Gasteiger charge is -2.06. The van der Waals surface area contributed by atoms with E-state index in [1.807, 2.05) is 12.1 Å². The summed E-state index contributed by atoms with van der Waals surface area (Å²) in [7, 11) is -2.48. The first-order valence-electron chi connectivity index (χ1n) is 7.40. The number of benzene rings is 1. The van der Waals surface area contributed by atoms with Crippen LogP contribution < -0.4 is 10.6 Å². The molecule has 0 aliphatic heterocycles. The second-order valence-electron chi connectivity index (χ2n) is 5.58. The molecule has 1 heterocycles. The van der Waals surface area contributed by atoms with Crippen LogP contribution in [0.3, 0.4) is 0 Å². The first-order chi connectivity index (χ1) is 11.1. The molecule has 3 rings (SSSR count). The Balaban J connectivity index is 1.57. The molecular weight excluding hydrogens is 316 g/mol. The largest absolute Gasteiger partial charge is 0.372 e. The number of carbonyl (C=O) groups excluding carboxylic acids is 1. The van der Waals surface area contributed by atoms with E-state index in [9.17, 15) is 13.2 Å². The van der Waals surface area contributed by atoms with Crippen LogP contribution in [0.1, 0.15) is 30.0 Å². The lowest BCUT2D eigenvalue weighted by Crippen LogP contribution is -2.14. The molecule has 1 fully saturated rings. The molecule has 122 valence electrons. The highest BCUT2D eigenvalue weighted by molar-refractivity contribution is 7.72. The number of carbonyl (C=O) groups is 1. The van der Waals surface area contributed by atoms with Gasteiger partial charge in [-0.25, -0.2) is 8.42 Å². The molecule has 3 N–H and O–H groups in total. The molecule has 0 unspecified atom stereocenters. The van der Waals surface area contributed by atoms with Crippen molar-refractivity contribution in [2.45, 2.75) is 25.2 Å². The number of thiol groups is 1. The summed E-state index contributed by atoms with van der Waals surface area (Å²) in [6.07, 6.45) is 2.54. The fourth-order valence-electron chi connectivity index (χ4n) is 2.32. The number of hydrogen-bond acceptors (Lipinski definition) is 5. The van der Waals surface area contributed by atoms with Crippen LogP contribution in [0.25, 0.3) is 0 Å². The Morgan fingerprint density at radius 1 is 1.30 bits per heavy atom. The zero-order valence-electron chi connectivity index (χ0n) is 12.4. The maximum Gasteiger partial charge on any atom is 0.229 e. The molecule has 0 atom stereocenters. The topological polar surface area (TPSA) is 104 Å². The number of rotatable bonds is 7. The zero-order chi connectivity index (χ0) is 16.2. The van der Waals surface area contributed by atoms with Crippen molar-refractivity contribution < 1.29 is 13.2 Å². The van der Waals surface area contributed by atoms with E-state index in [-0.39, 0.29) is 18.2 Å². The van der Waals surface area contributed by atoms with E-state index < -0.39 is 10.7 Å². The smallest absolute Gasteiger partial charge is 0.229 e. The zero-order valence-corrected chi connectivity index (χ0v) is 13.3. The average Bonchev–Trinajstić information content (AvgIpc) is 3.26. The second-order valence-corrected chi connectivity index (χ2v) is 6.56. The van der Waals surface area contributed by atoms with E-state index in [1.54, 1.807) is 18.2 Å². The van der Waals surface area contributed by atoms with Crippen LogP contribution in [0, 0.1) is 0 Å². The van der Waals surface area contributed by atoms with Crippen molar-refractivity contribution in [1.29, 1.82) is 0 Å². The summed E-state index contributed by atoms with van der Waals surface area (Å²) in [5.41, 5.74) is 2.54. The molecule has 0 spiro atoms. The van der Waals surface area contributed by atoms with E-state index in [0.717, 1.165) is 11.3 Å². The fourth-order valence-corrected chi connectivity index (χ4v) is 2.64. The van der Waals surface area contributed by atoms with Gasteiger partial charge in [-0.2, -0.15) is 5.10 Å². The Bertz CT molecular complexity index is 773. The van der Waals surface area contributed by atoms with Gasteiger partial charge in [-0.3, -0.25) is 9.89 Å². The van der Waals surface area contributed by atoms with Gasteiger partial charge in [-0.1, -0.05) is 12.1 Å². The summed E-state index contributed by atoms with van der Waals surface area (Å²) in [5, 5.41) is 12.6. The highest BCUT2D eigenvalue weighted by atomic mass is 32.2. The number of nitrogens with one attached hydrogen (secondary N) is 3. The van der Waals surface area contributed by atoms with Crippen molar-refractivity contribution in [2.75, 3.05) is 16.5 Å². The third-order valence-electron chi connectivity index (χ3n) is 3.59. The van der Waals surface area contributed by atoms with Gasteiger partial charge < -0.3 is 10.6 Å². The SMILES string of the molecule is O=C(Cc1cccc(NC[SH](=O)=O)c1)Nc1cc(C2CC2)[nH]n1. The number of anilines is 2. The Morgan fingerprint density at radius 2 is 2.13 bits per heavy atom. The normalized spacial score (nSPS) is 14.0. The Hall–Kier alpha value is -2.35. The van der Waals surface area contributed by atoms with Crippen LogP contribution in [0.15, 0.2) is 30.3 Å². The van der Waals surface area contributed by atoms with Crippen molar-refractivity contribution in [3.05, 3.63) is 41.6 Å². The van der Waals surface area contributed by atoms with Gasteiger partial charge in [0.2, 0.25) is 5.91 Å². The molecule has 2 aromatic rings. The summed E-state index contributed by atoms with van der Waals surface area (Å²) in [4.78, 5) is 12.1. The number of aromatic nitrogens is 2. The van der Waals surface area contributed by atoms with Gasteiger partial charge in [0.05, 0.1) is 6.42 Å². The summed E-state index contributed by atoms with van der Waals surface area (Å²) in [6, 6.07) is 9.00. The molecule has 1 aromatic carbocycles. The van der Waals surface area contributed by atoms with Crippen LogP contribution in [-0.4, -0.2) is 30.4 Å². The number of aromatic amines is 1. The van der Waals surface area contributed by atoms with Crippen molar-refractivity contribution in [3.63, 3.8) is 0 Å². The lowest BCUT2D eigenvalue weighted by atomic mass is 10.1. The first kappa shape index (κ1) is 15.5. The Labute approximate surface area is 135 Å². The van der Waals surface area contributed by atoms with Gasteiger partial charge in [-0.05, 0) is 30.5 Å². The van der Waals surface area contributed by atoms with Gasteiger partial charge >= 0.3 is 0 Å². The first-order valence-corrected chi connectivity index (χ1v) is 8.76. The van der Waals surface area contributed by atoms with Crippen molar-refractivity contribution >= 4 is 28.1 Å². The molecule has 1 aliphatic rings. The van der Waals surface area contributed by atoms with E-state index in [0.29, 0.717) is 17.4 Å². The summed E-state index contributed by atoms with van der Waals surface area (Å²) in [5.74, 6) is 0.811. The van der Waals surface area contributed by atoms with Gasteiger partial charge in [-0.15, -0.1) is 0 Å². The molecule has 0 radical (unpaired) electrons. The minimum atomic E-state index is -2.48. The Kier molecular flexibility index (Phi) is 4.61. The third kappa shape index (κ3) is 4.56. The minimum absolute atomic E-state index is 0.123. The second kappa shape index (κ2) is 6.82. The van der Waals surface area contributed by atoms with Crippen LogP contribution in [0.4, 0.5) is 11.5 Å². The molecule has 23 heavy (non-hydrogen) atoms. The highest BCUT2D eigenvalue weighted by Crippen LogP contribution is 2.39. The van der Waals surface area contributed by atoms with Crippen molar-refractivity contribution in [3.8, 4) is 0 Å². The predicted molar refractivity (Wildman–Crippen MR) is 88.1 cm³/mol. The van der Waals surface area contributed by atoms with Crippen LogP contribution in [0.5, 0.6) is 0 Å². The van der Waals surface area contributed by atoms with E-state index >= 15 is 0 Å². The Morgan fingerprint density at radius 3 is 2.87 bits per heavy atom. The minimum Gasteiger partial charge on any atom is -0.372 e. The molecule has 0 bridgehead atoms. The maximum absolute atomic E-state index is 12.1. The molecule has 1 saturated carbocycles. The third-order valence-corrected chi connectivity index (χ3v) is 4.00. The molecule has 1 aromatic heterocycles. The van der Waals surface area contributed by atoms with Crippen molar-refractivity contribution in [2.24, 2.45) is 0 Å². The summed E-state index contributed by atoms with van der Waals surface area (Å²) >= 11 is 0. The molecule has 7 nitrogen and oxygen atoms in total. The van der Waals surface area contributed by atoms with Gasteiger partial charge in [0, 0.05) is 23.4 Å². The van der Waals surface area contributed by atoms with Gasteiger partial charge in [0.1, 0.15) is 5.88 Å². The van der Waals surface area contributed by atoms with Crippen LogP contribution in [0.2, 0.25) is 0 Å². The summed E-state index contributed by atoms with van der Waals surface area (Å²) < 4.78 is 21.2. The quantitative estimate of drug-likeness (QED) is 0.574. The number of H-pyrrole nitrogens is 1. The standard InChI is InChI=1S/C15H18N4O3S/c20-15(17-14-8-13(18-19-14)11-4-5-11)7-10-2-1-3-12(6-10)16-9-23(21)22/h1-3,6,8,11,16,23H,4-5,7,9H2,(H2,17,18,19,20). The average molecular weight is 334 g/mol. The van der Waals surface area contributed by atoms with Crippen LogP contribution >= 0.6 is 0 Å². The molecule has 1 aliphatic carbocycles. The molecule has 1 amide bonds. The number of nitrogens with zero attached hydrogens (tertiary/aromatic N) is 1. The predicted octanol–water partition coefficient (Wildman–Crippen LogP) is 1.45. The van der Waals surface area contributed by atoms with Gasteiger partial charge in [0.15, 0.2) is 16.5 Å². The fraction of sp³-hybridized carbons (Fsp3) is 0.333. The lowest BCUT2D eigenvalue weighted by molar-refractivity contribution is -0.115. The van der Waals surface area contributed by atoms with E-state index in [4.69, 9.17) is 0 Å². The van der Waals surface area contributed by atoms with E-state index in [1.165, 1.54) is 12.8 Å². The monoisotopic (exact) mass is 334 g/mol. The highest BCUT2D eigenvalue weighted by Gasteiger charge is 2.25. The van der Waals surface area contributed by atoms with Crippen LogP contribution in [-0.2, 0) is 21.9 Å². The van der Waals surface area contributed by atoms with E-state index in [2.05, 4.69) is 20.8 Å². The van der Waals surface area contributed by atoms with Crippen molar-refractivity contribution in [1.82, 2.24) is 10.2 Å². The maximum atomic E-state index is 12.1. The number of hydrogen-bond donors (Lipinski definition) is 4. The number of amides is 1. The van der Waals surface area contributed by atoms with Gasteiger partial charge in [0.25, 0.3) is 0 Å². The molecule has 0 saturated heterocycles. The summed E-state index contributed by atoms with van der Waals surface area (Å²) in [6.45, 7) is 0. The molecule has 8 heteroatoms. The molecular formula is C15H18N4O3S.